The van der Waals surface area contributed by atoms with Crippen molar-refractivity contribution in [1.82, 2.24) is 0 Å². The molecule has 15 heavy (non-hydrogen) atoms. The summed E-state index contributed by atoms with van der Waals surface area (Å²) < 4.78 is 11.0. The number of hydrogen-bond acceptors (Lipinski definition) is 2. The molecule has 1 aromatic carbocycles. The summed E-state index contributed by atoms with van der Waals surface area (Å²) in [4.78, 5) is 0. The Labute approximate surface area is 95.1 Å². The number of rotatable bonds is 4. The van der Waals surface area contributed by atoms with Gasteiger partial charge >= 0.3 is 8.56 Å². The minimum absolute atomic E-state index is 0.687. The van der Waals surface area contributed by atoms with Gasteiger partial charge < -0.3 is 8.85 Å². The van der Waals surface area contributed by atoms with Crippen molar-refractivity contribution in [2.24, 2.45) is 0 Å². The molecule has 1 aromatic rings. The Balaban J connectivity index is 2.97. The molecule has 1 rings (SSSR count). The van der Waals surface area contributed by atoms with Crippen LogP contribution in [0.15, 0.2) is 24.3 Å². The molecule has 4 heteroatoms. The standard InChI is InChI=1S/C11H20O2Si2/c1-12-15(5,13-2)11-8-6-10(7-9-11)14(3)4/h6-9,14H,1-5H3. The first-order valence-electron chi connectivity index (χ1n) is 5.24. The molecule has 0 heterocycles. The zero-order valence-electron chi connectivity index (χ0n) is 10.2. The third-order valence-corrected chi connectivity index (χ3v) is 7.54. The highest BCUT2D eigenvalue weighted by atomic mass is 28.4. The van der Waals surface area contributed by atoms with E-state index in [0.29, 0.717) is 0 Å². The topological polar surface area (TPSA) is 18.5 Å². The highest BCUT2D eigenvalue weighted by Crippen LogP contribution is 2.04. The van der Waals surface area contributed by atoms with Crippen molar-refractivity contribution in [3.63, 3.8) is 0 Å². The highest BCUT2D eigenvalue weighted by molar-refractivity contribution is 6.80. The van der Waals surface area contributed by atoms with Gasteiger partial charge in [-0.25, -0.2) is 0 Å². The first-order valence-corrected chi connectivity index (χ1v) is 10.4. The molecule has 0 aliphatic carbocycles. The van der Waals surface area contributed by atoms with Gasteiger partial charge in [-0.2, -0.15) is 0 Å². The number of hydrogen-bond donors (Lipinski definition) is 0. The molecule has 0 radical (unpaired) electrons. The lowest BCUT2D eigenvalue weighted by molar-refractivity contribution is 0.265. The maximum atomic E-state index is 5.50. The molecule has 2 nitrogen and oxygen atoms in total. The van der Waals surface area contributed by atoms with Gasteiger partial charge in [-0.1, -0.05) is 42.5 Å². The Morgan fingerprint density at radius 3 is 1.80 bits per heavy atom. The van der Waals surface area contributed by atoms with Gasteiger partial charge in [0.15, 0.2) is 0 Å². The minimum atomic E-state index is -2.12. The second-order valence-corrected chi connectivity index (χ2v) is 10.4. The van der Waals surface area contributed by atoms with Crippen molar-refractivity contribution in [1.29, 1.82) is 0 Å². The maximum Gasteiger partial charge on any atom is 0.368 e. The van der Waals surface area contributed by atoms with Crippen LogP contribution in [0.3, 0.4) is 0 Å². The zero-order valence-corrected chi connectivity index (χ0v) is 12.4. The molecule has 0 spiro atoms. The van der Waals surface area contributed by atoms with Crippen LogP contribution >= 0.6 is 0 Å². The van der Waals surface area contributed by atoms with E-state index < -0.39 is 17.4 Å². The fourth-order valence-electron chi connectivity index (χ4n) is 1.49. The summed E-state index contributed by atoms with van der Waals surface area (Å²) in [5, 5.41) is 2.69. The molecule has 0 bridgehead atoms. The van der Waals surface area contributed by atoms with E-state index in [0.717, 1.165) is 0 Å². The largest absolute Gasteiger partial charge is 0.394 e. The van der Waals surface area contributed by atoms with Gasteiger partial charge in [0.2, 0.25) is 0 Å². The molecule has 0 atom stereocenters. The first-order chi connectivity index (χ1) is 7.03. The normalized spacial score (nSPS) is 12.1. The molecule has 0 aromatic heterocycles. The van der Waals surface area contributed by atoms with Crippen LogP contribution in [-0.4, -0.2) is 31.6 Å². The van der Waals surface area contributed by atoms with E-state index in [4.69, 9.17) is 8.85 Å². The second kappa shape index (κ2) is 5.07. The molecular weight excluding hydrogens is 220 g/mol. The van der Waals surface area contributed by atoms with E-state index in [1.54, 1.807) is 14.2 Å². The van der Waals surface area contributed by atoms with E-state index in [1.165, 1.54) is 10.4 Å². The average Bonchev–Trinajstić information content (AvgIpc) is 2.28. The van der Waals surface area contributed by atoms with Gasteiger partial charge in [0.25, 0.3) is 0 Å². The first kappa shape index (κ1) is 12.6. The van der Waals surface area contributed by atoms with Crippen molar-refractivity contribution in [3.8, 4) is 0 Å². The molecule has 0 aliphatic heterocycles. The Morgan fingerprint density at radius 1 is 1.00 bits per heavy atom. The fourth-order valence-corrected chi connectivity index (χ4v) is 3.86. The van der Waals surface area contributed by atoms with Crippen molar-refractivity contribution >= 4 is 27.7 Å². The molecule has 0 N–H and O–H groups in total. The predicted molar refractivity (Wildman–Crippen MR) is 70.2 cm³/mol. The number of benzene rings is 1. The summed E-state index contributed by atoms with van der Waals surface area (Å²) in [5.74, 6) is 0. The van der Waals surface area contributed by atoms with Crippen LogP contribution in [-0.2, 0) is 8.85 Å². The fraction of sp³-hybridized carbons (Fsp3) is 0.455. The lowest BCUT2D eigenvalue weighted by Crippen LogP contribution is -2.49. The van der Waals surface area contributed by atoms with Crippen LogP contribution in [0, 0.1) is 0 Å². The Kier molecular flexibility index (Phi) is 4.27. The summed E-state index contributed by atoms with van der Waals surface area (Å²) in [6, 6.07) is 8.74. The van der Waals surface area contributed by atoms with Crippen LogP contribution < -0.4 is 10.4 Å². The summed E-state index contributed by atoms with van der Waals surface area (Å²) in [7, 11) is 0.643. The molecule has 0 saturated heterocycles. The van der Waals surface area contributed by atoms with Gasteiger partial charge in [0, 0.05) is 14.2 Å². The Morgan fingerprint density at radius 2 is 1.47 bits per heavy atom. The molecule has 0 amide bonds. The quantitative estimate of drug-likeness (QED) is 0.730. The maximum absolute atomic E-state index is 5.50. The average molecular weight is 240 g/mol. The van der Waals surface area contributed by atoms with Crippen LogP contribution in [0.1, 0.15) is 0 Å². The van der Waals surface area contributed by atoms with Crippen LogP contribution in [0.25, 0.3) is 0 Å². The van der Waals surface area contributed by atoms with E-state index >= 15 is 0 Å². The SMILES string of the molecule is CO[Si](C)(OC)c1ccc([SiH](C)C)cc1. The van der Waals surface area contributed by atoms with E-state index in [9.17, 15) is 0 Å². The lowest BCUT2D eigenvalue weighted by Gasteiger charge is -2.23. The van der Waals surface area contributed by atoms with Crippen molar-refractivity contribution in [3.05, 3.63) is 24.3 Å². The van der Waals surface area contributed by atoms with Crippen LogP contribution in [0.5, 0.6) is 0 Å². The molecule has 0 aliphatic rings. The summed E-state index contributed by atoms with van der Waals surface area (Å²) >= 11 is 0. The van der Waals surface area contributed by atoms with E-state index in [-0.39, 0.29) is 0 Å². The molecule has 0 saturated carbocycles. The molecule has 0 fully saturated rings. The summed E-state index contributed by atoms with van der Waals surface area (Å²) in [6.45, 7) is 6.73. The van der Waals surface area contributed by atoms with Gasteiger partial charge in [-0.3, -0.25) is 0 Å². The van der Waals surface area contributed by atoms with Crippen LogP contribution in [0.2, 0.25) is 19.6 Å². The molecular formula is C11H20O2Si2. The lowest BCUT2D eigenvalue weighted by atomic mass is 10.4. The van der Waals surface area contributed by atoms with E-state index in [1.807, 2.05) is 0 Å². The Bertz CT molecular complexity index is 305. The summed E-state index contributed by atoms with van der Waals surface area (Å²) in [5.41, 5.74) is 0. The third-order valence-electron chi connectivity index (χ3n) is 2.88. The third kappa shape index (κ3) is 2.78. The smallest absolute Gasteiger partial charge is 0.368 e. The van der Waals surface area contributed by atoms with Crippen molar-refractivity contribution in [2.75, 3.05) is 14.2 Å². The van der Waals surface area contributed by atoms with Crippen molar-refractivity contribution in [2.45, 2.75) is 19.6 Å². The molecule has 0 unspecified atom stereocenters. The van der Waals surface area contributed by atoms with Crippen LogP contribution in [0.4, 0.5) is 0 Å². The van der Waals surface area contributed by atoms with Crippen molar-refractivity contribution < 1.29 is 8.85 Å². The minimum Gasteiger partial charge on any atom is -0.394 e. The van der Waals surface area contributed by atoms with Gasteiger partial charge in [0.05, 0.1) is 8.80 Å². The summed E-state index contributed by atoms with van der Waals surface area (Å²) in [6.07, 6.45) is 0. The molecule has 84 valence electrons. The Hall–Kier alpha value is -0.426. The van der Waals surface area contributed by atoms with E-state index in [2.05, 4.69) is 43.9 Å². The predicted octanol–water partition coefficient (Wildman–Crippen LogP) is 0.952. The zero-order chi connectivity index (χ0) is 11.5. The second-order valence-electron chi connectivity index (χ2n) is 4.13. The highest BCUT2D eigenvalue weighted by Gasteiger charge is 2.31. The van der Waals surface area contributed by atoms with Gasteiger partial charge in [-0.15, -0.1) is 0 Å². The van der Waals surface area contributed by atoms with Gasteiger partial charge in [-0.05, 0) is 11.7 Å². The van der Waals surface area contributed by atoms with Gasteiger partial charge in [0.1, 0.15) is 0 Å². The monoisotopic (exact) mass is 240 g/mol.